The predicted molar refractivity (Wildman–Crippen MR) is 112 cm³/mol. The predicted octanol–water partition coefficient (Wildman–Crippen LogP) is 4.14. The quantitative estimate of drug-likeness (QED) is 0.683. The van der Waals surface area contributed by atoms with E-state index in [2.05, 4.69) is 10.9 Å². The molecule has 1 heterocycles. The number of aliphatic hydroxyl groups is 1. The number of ether oxygens (including phenoxy) is 1. The molecule has 0 bridgehead atoms. The van der Waals surface area contributed by atoms with Crippen molar-refractivity contribution in [3.63, 3.8) is 0 Å². The number of carbonyl (C=O) groups is 1. The van der Waals surface area contributed by atoms with Crippen molar-refractivity contribution < 1.29 is 19.0 Å². The van der Waals surface area contributed by atoms with Crippen molar-refractivity contribution in [2.24, 2.45) is 5.41 Å². The molecule has 1 saturated heterocycles. The average molecular weight is 442 g/mol. The zero-order valence-corrected chi connectivity index (χ0v) is 17.5. The fraction of sp³-hybridized carbons (Fsp3) is 0.348. The third-order valence-electron chi connectivity index (χ3n) is 5.49. The van der Waals surface area contributed by atoms with Crippen molar-refractivity contribution in [3.8, 4) is 11.8 Å². The zero-order chi connectivity index (χ0) is 22.4. The van der Waals surface area contributed by atoms with Gasteiger partial charge in [0.1, 0.15) is 17.1 Å². The second-order valence-corrected chi connectivity index (χ2v) is 7.99. The van der Waals surface area contributed by atoms with E-state index in [0.717, 1.165) is 5.56 Å². The summed E-state index contributed by atoms with van der Waals surface area (Å²) in [6.45, 7) is 7.56. The number of likely N-dealkylation sites (tertiary alicyclic amines) is 1. The Morgan fingerprint density at radius 2 is 2.00 bits per heavy atom. The highest BCUT2D eigenvalue weighted by Crippen LogP contribution is 2.35. The molecule has 0 aliphatic carbocycles. The largest absolute Gasteiger partial charge is 0.483 e. The van der Waals surface area contributed by atoms with Crippen molar-refractivity contribution in [1.82, 2.24) is 4.90 Å². The van der Waals surface area contributed by atoms with Gasteiger partial charge in [-0.2, -0.15) is 5.26 Å². The standard InChI is InChI=1S/C23H21ClFN3O3/c1-27-22(30)19-12-17(24)4-7-20(19)31-14-21(29)28-10-8-23(15-26,9-11-28)13-16-2-5-18(25)6-3-16/h2-7,12,22,30H,8-11,13-14H2. The van der Waals surface area contributed by atoms with Gasteiger partial charge >= 0.3 is 6.23 Å². The van der Waals surface area contributed by atoms with Crippen LogP contribution in [0.3, 0.4) is 0 Å². The molecule has 2 aromatic rings. The molecule has 2 aromatic carbocycles. The van der Waals surface area contributed by atoms with Crippen LogP contribution in [0.25, 0.3) is 4.85 Å². The number of aliphatic hydroxyl groups excluding tert-OH is 1. The Kier molecular flexibility index (Phi) is 7.12. The van der Waals surface area contributed by atoms with Gasteiger partial charge in [-0.3, -0.25) is 9.64 Å². The first-order chi connectivity index (χ1) is 14.9. The molecular formula is C23H21ClFN3O3. The van der Waals surface area contributed by atoms with Crippen LogP contribution in [0.5, 0.6) is 5.75 Å². The van der Waals surface area contributed by atoms with E-state index in [0.29, 0.717) is 37.4 Å². The van der Waals surface area contributed by atoms with Crippen molar-refractivity contribution in [3.05, 3.63) is 75.8 Å². The summed E-state index contributed by atoms with van der Waals surface area (Å²) in [4.78, 5) is 17.3. The second-order valence-electron chi connectivity index (χ2n) is 7.55. The molecule has 0 saturated carbocycles. The monoisotopic (exact) mass is 441 g/mol. The Bertz CT molecular complexity index is 1020. The van der Waals surface area contributed by atoms with Crippen LogP contribution in [-0.2, 0) is 11.2 Å². The summed E-state index contributed by atoms with van der Waals surface area (Å²) >= 11 is 5.92. The van der Waals surface area contributed by atoms with E-state index >= 15 is 0 Å². The number of hydrogen-bond acceptors (Lipinski definition) is 4. The second kappa shape index (κ2) is 9.78. The molecule has 1 unspecified atom stereocenters. The zero-order valence-electron chi connectivity index (χ0n) is 16.7. The Morgan fingerprint density at radius 3 is 2.61 bits per heavy atom. The van der Waals surface area contributed by atoms with E-state index in [-0.39, 0.29) is 29.6 Å². The number of nitrogens with zero attached hydrogens (tertiary/aromatic N) is 3. The van der Waals surface area contributed by atoms with Crippen molar-refractivity contribution >= 4 is 17.5 Å². The molecule has 160 valence electrons. The maximum atomic E-state index is 13.1. The van der Waals surface area contributed by atoms with Gasteiger partial charge in [-0.05, 0) is 55.2 Å². The summed E-state index contributed by atoms with van der Waals surface area (Å²) in [5.41, 5.74) is 0.495. The summed E-state index contributed by atoms with van der Waals surface area (Å²) in [6, 6.07) is 13.0. The van der Waals surface area contributed by atoms with Crippen LogP contribution in [0.4, 0.5) is 4.39 Å². The van der Waals surface area contributed by atoms with Gasteiger partial charge in [-0.15, -0.1) is 0 Å². The van der Waals surface area contributed by atoms with E-state index in [9.17, 15) is 19.6 Å². The first-order valence-corrected chi connectivity index (χ1v) is 10.1. The lowest BCUT2D eigenvalue weighted by molar-refractivity contribution is -0.135. The minimum absolute atomic E-state index is 0.205. The fourth-order valence-corrected chi connectivity index (χ4v) is 3.84. The number of amides is 1. The lowest BCUT2D eigenvalue weighted by Crippen LogP contribution is -2.45. The smallest absolute Gasteiger partial charge is 0.355 e. The summed E-state index contributed by atoms with van der Waals surface area (Å²) in [7, 11) is 0. The highest BCUT2D eigenvalue weighted by molar-refractivity contribution is 6.30. The van der Waals surface area contributed by atoms with Crippen LogP contribution < -0.4 is 4.74 Å². The van der Waals surface area contributed by atoms with Crippen molar-refractivity contribution in [2.45, 2.75) is 25.5 Å². The van der Waals surface area contributed by atoms with E-state index < -0.39 is 11.6 Å². The molecule has 6 nitrogen and oxygen atoms in total. The molecule has 0 spiro atoms. The molecule has 1 amide bonds. The van der Waals surface area contributed by atoms with Gasteiger partial charge in [-0.1, -0.05) is 23.7 Å². The van der Waals surface area contributed by atoms with Crippen LogP contribution in [0.2, 0.25) is 5.02 Å². The molecule has 0 radical (unpaired) electrons. The number of rotatable bonds is 6. The lowest BCUT2D eigenvalue weighted by Gasteiger charge is -2.37. The Balaban J connectivity index is 1.59. The van der Waals surface area contributed by atoms with Crippen LogP contribution in [0.1, 0.15) is 30.2 Å². The molecule has 1 fully saturated rings. The third kappa shape index (κ3) is 5.52. The van der Waals surface area contributed by atoms with Crippen LogP contribution in [0, 0.1) is 29.1 Å². The number of nitriles is 1. The number of hydrogen-bond donors (Lipinski definition) is 1. The molecule has 1 N–H and O–H groups in total. The summed E-state index contributed by atoms with van der Waals surface area (Å²) in [5, 5.41) is 19.9. The molecular weight excluding hydrogens is 421 g/mol. The Morgan fingerprint density at radius 1 is 1.32 bits per heavy atom. The maximum absolute atomic E-state index is 13.1. The normalized spacial score (nSPS) is 16.1. The van der Waals surface area contributed by atoms with Crippen LogP contribution >= 0.6 is 11.6 Å². The van der Waals surface area contributed by atoms with Gasteiger partial charge in [0.2, 0.25) is 0 Å². The summed E-state index contributed by atoms with van der Waals surface area (Å²) in [5.74, 6) is -0.338. The molecule has 1 aliphatic rings. The Labute approximate surface area is 185 Å². The van der Waals surface area contributed by atoms with E-state index in [1.54, 1.807) is 23.1 Å². The number of carbonyl (C=O) groups excluding carboxylic acids is 1. The van der Waals surface area contributed by atoms with Crippen LogP contribution in [-0.4, -0.2) is 35.6 Å². The first kappa shape index (κ1) is 22.6. The summed E-state index contributed by atoms with van der Waals surface area (Å²) in [6.07, 6.45) is 0.0941. The average Bonchev–Trinajstić information content (AvgIpc) is 2.79. The minimum atomic E-state index is -1.43. The van der Waals surface area contributed by atoms with Crippen LogP contribution in [0.15, 0.2) is 42.5 Å². The van der Waals surface area contributed by atoms with Crippen molar-refractivity contribution in [2.75, 3.05) is 19.7 Å². The van der Waals surface area contributed by atoms with Gasteiger partial charge in [0.15, 0.2) is 6.61 Å². The number of benzene rings is 2. The van der Waals surface area contributed by atoms with Gasteiger partial charge in [-0.25, -0.2) is 11.0 Å². The number of halogens is 2. The maximum Gasteiger partial charge on any atom is 0.355 e. The van der Waals surface area contributed by atoms with Crippen molar-refractivity contribution in [1.29, 1.82) is 5.26 Å². The molecule has 31 heavy (non-hydrogen) atoms. The highest BCUT2D eigenvalue weighted by atomic mass is 35.5. The van der Waals surface area contributed by atoms with Gasteiger partial charge in [0.05, 0.1) is 11.5 Å². The molecule has 8 heteroatoms. The SMILES string of the molecule is [C-]#[N+]C(O)c1cc(Cl)ccc1OCC(=O)N1CCC(C#N)(Cc2ccc(F)cc2)CC1. The van der Waals surface area contributed by atoms with E-state index in [1.807, 2.05) is 0 Å². The molecule has 0 aromatic heterocycles. The molecule has 3 rings (SSSR count). The molecule has 1 aliphatic heterocycles. The lowest BCUT2D eigenvalue weighted by atomic mass is 9.75. The topological polar surface area (TPSA) is 77.9 Å². The number of piperidine rings is 1. The van der Waals surface area contributed by atoms with Gasteiger partial charge in [0.25, 0.3) is 5.91 Å². The summed E-state index contributed by atoms with van der Waals surface area (Å²) < 4.78 is 18.7. The van der Waals surface area contributed by atoms with E-state index in [1.165, 1.54) is 24.3 Å². The minimum Gasteiger partial charge on any atom is -0.483 e. The fourth-order valence-electron chi connectivity index (χ4n) is 3.66. The molecule has 1 atom stereocenters. The van der Waals surface area contributed by atoms with E-state index in [4.69, 9.17) is 22.9 Å². The van der Waals surface area contributed by atoms with Gasteiger partial charge < -0.3 is 14.7 Å². The van der Waals surface area contributed by atoms with Gasteiger partial charge in [0, 0.05) is 18.1 Å². The third-order valence-corrected chi connectivity index (χ3v) is 5.72. The Hall–Kier alpha value is -3.13. The first-order valence-electron chi connectivity index (χ1n) is 9.76. The highest BCUT2D eigenvalue weighted by Gasteiger charge is 2.36.